The van der Waals surface area contributed by atoms with Gasteiger partial charge in [0, 0.05) is 12.6 Å². The smallest absolute Gasteiger partial charge is 0.225 e. The van der Waals surface area contributed by atoms with E-state index in [0.29, 0.717) is 6.54 Å². The number of nitrogens with one attached hydrogen (secondary N) is 1. The van der Waals surface area contributed by atoms with Crippen molar-refractivity contribution in [2.75, 3.05) is 0 Å². The number of carbonyl (C=O) groups is 1. The molecule has 0 saturated heterocycles. The van der Waals surface area contributed by atoms with Gasteiger partial charge in [0.25, 0.3) is 0 Å². The van der Waals surface area contributed by atoms with Crippen molar-refractivity contribution in [2.45, 2.75) is 25.9 Å². The monoisotopic (exact) mass is 204 g/mol. The molecule has 1 aromatic rings. The van der Waals surface area contributed by atoms with E-state index in [9.17, 15) is 4.79 Å². The summed E-state index contributed by atoms with van der Waals surface area (Å²) in [5.74, 6) is 0.139. The molecule has 1 saturated carbocycles. The third-order valence-electron chi connectivity index (χ3n) is 2.89. The number of carbonyl (C=O) groups excluding carboxylic acids is 1. The number of benzene rings is 1. The Kier molecular flexibility index (Phi) is 2.73. The zero-order valence-corrected chi connectivity index (χ0v) is 8.86. The minimum atomic E-state index is 0.0500. The van der Waals surface area contributed by atoms with E-state index < -0.39 is 0 Å². The molecule has 1 aliphatic carbocycles. The largest absolute Gasteiger partial charge is 0.352 e. The number of amides is 1. The molecule has 1 amide bonds. The molecule has 80 valence electrons. The molecule has 1 aliphatic rings. The predicted octanol–water partition coefficient (Wildman–Crippen LogP) is 0.958. The average molecular weight is 204 g/mol. The Balaban J connectivity index is 1.88. The Morgan fingerprint density at radius 1 is 1.53 bits per heavy atom. The molecule has 0 bridgehead atoms. The first-order chi connectivity index (χ1) is 7.18. The van der Waals surface area contributed by atoms with Crippen LogP contribution in [0, 0.1) is 12.8 Å². The quantitative estimate of drug-likeness (QED) is 0.770. The van der Waals surface area contributed by atoms with Gasteiger partial charge in [-0.2, -0.15) is 0 Å². The lowest BCUT2D eigenvalue weighted by Gasteiger charge is -2.07. The molecule has 0 radical (unpaired) electrons. The zero-order chi connectivity index (χ0) is 10.8. The van der Waals surface area contributed by atoms with Crippen LogP contribution in [0.15, 0.2) is 24.3 Å². The maximum Gasteiger partial charge on any atom is 0.225 e. The Hall–Kier alpha value is -1.35. The fourth-order valence-corrected chi connectivity index (χ4v) is 1.64. The second kappa shape index (κ2) is 4.03. The average Bonchev–Trinajstić information content (AvgIpc) is 2.94. The number of hydrogen-bond donors (Lipinski definition) is 2. The molecule has 3 N–H and O–H groups in total. The van der Waals surface area contributed by atoms with Crippen molar-refractivity contribution in [1.29, 1.82) is 0 Å². The molecule has 0 aromatic heterocycles. The van der Waals surface area contributed by atoms with Crippen LogP contribution in [0.1, 0.15) is 17.5 Å². The van der Waals surface area contributed by atoms with E-state index in [1.807, 2.05) is 31.2 Å². The fourth-order valence-electron chi connectivity index (χ4n) is 1.64. The molecular formula is C12H16N2O. The first-order valence-corrected chi connectivity index (χ1v) is 5.26. The molecule has 0 spiro atoms. The summed E-state index contributed by atoms with van der Waals surface area (Å²) in [6.45, 7) is 2.65. The third kappa shape index (κ3) is 2.36. The summed E-state index contributed by atoms with van der Waals surface area (Å²) in [4.78, 5) is 11.5. The summed E-state index contributed by atoms with van der Waals surface area (Å²) in [6, 6.07) is 8.14. The van der Waals surface area contributed by atoms with E-state index in [-0.39, 0.29) is 17.9 Å². The standard InChI is InChI=1S/C12H16N2O/c1-8-4-2-3-5-9(8)7-14-12(15)10-6-11(10)13/h2-5,10-11H,6-7,13H2,1H3,(H,14,15). The molecule has 3 heteroatoms. The molecule has 3 nitrogen and oxygen atoms in total. The Morgan fingerprint density at radius 2 is 2.20 bits per heavy atom. The van der Waals surface area contributed by atoms with Gasteiger partial charge in [-0.15, -0.1) is 0 Å². The first-order valence-electron chi connectivity index (χ1n) is 5.26. The van der Waals surface area contributed by atoms with Crippen molar-refractivity contribution in [3.63, 3.8) is 0 Å². The van der Waals surface area contributed by atoms with Crippen molar-refractivity contribution in [1.82, 2.24) is 5.32 Å². The van der Waals surface area contributed by atoms with E-state index in [1.54, 1.807) is 0 Å². The lowest BCUT2D eigenvalue weighted by Crippen LogP contribution is -2.27. The highest BCUT2D eigenvalue weighted by Gasteiger charge is 2.39. The lowest BCUT2D eigenvalue weighted by molar-refractivity contribution is -0.122. The molecular weight excluding hydrogens is 188 g/mol. The molecule has 1 fully saturated rings. The van der Waals surface area contributed by atoms with Crippen LogP contribution >= 0.6 is 0 Å². The third-order valence-corrected chi connectivity index (χ3v) is 2.89. The molecule has 2 rings (SSSR count). The maximum atomic E-state index is 11.5. The number of hydrogen-bond acceptors (Lipinski definition) is 2. The van der Waals surface area contributed by atoms with E-state index in [4.69, 9.17) is 5.73 Å². The fraction of sp³-hybridized carbons (Fsp3) is 0.417. The number of rotatable bonds is 3. The normalized spacial score (nSPS) is 23.6. The summed E-state index contributed by atoms with van der Waals surface area (Å²) in [6.07, 6.45) is 0.833. The van der Waals surface area contributed by atoms with Crippen LogP contribution in [-0.2, 0) is 11.3 Å². The van der Waals surface area contributed by atoms with Crippen LogP contribution in [0.25, 0.3) is 0 Å². The number of nitrogens with two attached hydrogens (primary N) is 1. The Labute approximate surface area is 89.7 Å². The second-order valence-corrected chi connectivity index (χ2v) is 4.15. The summed E-state index contributed by atoms with van der Waals surface area (Å²) < 4.78 is 0. The van der Waals surface area contributed by atoms with Gasteiger partial charge in [0.1, 0.15) is 0 Å². The van der Waals surface area contributed by atoms with Crippen molar-refractivity contribution in [3.05, 3.63) is 35.4 Å². The van der Waals surface area contributed by atoms with E-state index in [2.05, 4.69) is 5.32 Å². The summed E-state index contributed by atoms with van der Waals surface area (Å²) in [7, 11) is 0. The summed E-state index contributed by atoms with van der Waals surface area (Å²) >= 11 is 0. The predicted molar refractivity (Wildman–Crippen MR) is 59.1 cm³/mol. The van der Waals surface area contributed by atoms with Crippen LogP contribution in [0.2, 0.25) is 0 Å². The highest BCUT2D eigenvalue weighted by Crippen LogP contribution is 2.27. The van der Waals surface area contributed by atoms with Crippen LogP contribution in [0.4, 0.5) is 0 Å². The van der Waals surface area contributed by atoms with Gasteiger partial charge in [0.2, 0.25) is 5.91 Å². The van der Waals surface area contributed by atoms with Gasteiger partial charge >= 0.3 is 0 Å². The number of aryl methyl sites for hydroxylation is 1. The molecule has 2 atom stereocenters. The SMILES string of the molecule is Cc1ccccc1CNC(=O)C1CC1N. The van der Waals surface area contributed by atoms with Crippen LogP contribution in [0.5, 0.6) is 0 Å². The minimum Gasteiger partial charge on any atom is -0.352 e. The second-order valence-electron chi connectivity index (χ2n) is 4.15. The summed E-state index contributed by atoms with van der Waals surface area (Å²) in [5, 5.41) is 2.91. The molecule has 0 aliphatic heterocycles. The maximum absolute atomic E-state index is 11.5. The van der Waals surface area contributed by atoms with Crippen molar-refractivity contribution in [3.8, 4) is 0 Å². The molecule has 15 heavy (non-hydrogen) atoms. The molecule has 0 heterocycles. The van der Waals surface area contributed by atoms with Gasteiger partial charge in [-0.05, 0) is 24.5 Å². The van der Waals surface area contributed by atoms with Gasteiger partial charge in [-0.25, -0.2) is 0 Å². The van der Waals surface area contributed by atoms with Gasteiger partial charge in [0.05, 0.1) is 5.92 Å². The zero-order valence-electron chi connectivity index (χ0n) is 8.86. The van der Waals surface area contributed by atoms with Gasteiger partial charge < -0.3 is 11.1 Å². The lowest BCUT2D eigenvalue weighted by atomic mass is 10.1. The Morgan fingerprint density at radius 3 is 2.80 bits per heavy atom. The minimum absolute atomic E-state index is 0.0500. The van der Waals surface area contributed by atoms with Gasteiger partial charge in [-0.1, -0.05) is 24.3 Å². The first kappa shape index (κ1) is 10.2. The van der Waals surface area contributed by atoms with Crippen molar-refractivity contribution >= 4 is 5.91 Å². The van der Waals surface area contributed by atoms with E-state index in [0.717, 1.165) is 6.42 Å². The highest BCUT2D eigenvalue weighted by molar-refractivity contribution is 5.82. The van der Waals surface area contributed by atoms with Crippen molar-refractivity contribution in [2.24, 2.45) is 11.7 Å². The Bertz CT molecular complexity index is 376. The van der Waals surface area contributed by atoms with Crippen LogP contribution < -0.4 is 11.1 Å². The van der Waals surface area contributed by atoms with Crippen LogP contribution in [0.3, 0.4) is 0 Å². The van der Waals surface area contributed by atoms with E-state index in [1.165, 1.54) is 11.1 Å². The highest BCUT2D eigenvalue weighted by atomic mass is 16.2. The topological polar surface area (TPSA) is 55.1 Å². The van der Waals surface area contributed by atoms with Gasteiger partial charge in [-0.3, -0.25) is 4.79 Å². The molecule has 2 unspecified atom stereocenters. The molecule has 1 aromatic carbocycles. The summed E-state index contributed by atoms with van der Waals surface area (Å²) in [5.41, 5.74) is 7.98. The van der Waals surface area contributed by atoms with E-state index >= 15 is 0 Å². The van der Waals surface area contributed by atoms with Crippen LogP contribution in [-0.4, -0.2) is 11.9 Å². The van der Waals surface area contributed by atoms with Gasteiger partial charge in [0.15, 0.2) is 0 Å². The van der Waals surface area contributed by atoms with Crippen molar-refractivity contribution < 1.29 is 4.79 Å².